The van der Waals surface area contributed by atoms with Crippen molar-refractivity contribution < 1.29 is 14.3 Å². The second kappa shape index (κ2) is 7.24. The number of carbonyl (C=O) groups excluding carboxylic acids is 1. The van der Waals surface area contributed by atoms with E-state index >= 15 is 0 Å². The van der Waals surface area contributed by atoms with Crippen molar-refractivity contribution in [2.24, 2.45) is 5.73 Å². The fraction of sp³-hybridized carbons (Fsp3) is 0.235. The minimum absolute atomic E-state index is 0.100. The van der Waals surface area contributed by atoms with Crippen molar-refractivity contribution in [3.8, 4) is 11.5 Å². The van der Waals surface area contributed by atoms with Crippen molar-refractivity contribution in [1.29, 1.82) is 0 Å². The first-order valence-electron chi connectivity index (χ1n) is 7.04. The highest BCUT2D eigenvalue weighted by Gasteiger charge is 2.16. The molecule has 1 amide bonds. The molecule has 0 aliphatic carbocycles. The Labute approximate surface area is 140 Å². The number of methoxy groups -OCH3 is 2. The van der Waals surface area contributed by atoms with Crippen LogP contribution in [0.5, 0.6) is 11.5 Å². The van der Waals surface area contributed by atoms with Crippen molar-refractivity contribution in [3.63, 3.8) is 0 Å². The maximum atomic E-state index is 11.3. The van der Waals surface area contributed by atoms with Gasteiger partial charge in [0.05, 0.1) is 25.3 Å². The number of rotatable bonds is 6. The van der Waals surface area contributed by atoms with Gasteiger partial charge in [0.15, 0.2) is 0 Å². The first-order valence-corrected chi connectivity index (χ1v) is 7.42. The molecule has 3 N–H and O–H groups in total. The zero-order valence-electron chi connectivity index (χ0n) is 13.2. The van der Waals surface area contributed by atoms with E-state index in [1.165, 1.54) is 0 Å². The van der Waals surface area contributed by atoms with Crippen molar-refractivity contribution >= 4 is 23.2 Å². The number of hydrogen-bond donors (Lipinski definition) is 2. The second-order valence-corrected chi connectivity index (χ2v) is 5.45. The van der Waals surface area contributed by atoms with Crippen LogP contribution in [0.25, 0.3) is 0 Å². The quantitative estimate of drug-likeness (QED) is 0.846. The summed E-state index contributed by atoms with van der Waals surface area (Å²) in [5.74, 6) is 0.749. The van der Waals surface area contributed by atoms with Crippen LogP contribution in [0, 0.1) is 0 Å². The number of ether oxygens (including phenoxy) is 2. The van der Waals surface area contributed by atoms with Crippen LogP contribution in [0.1, 0.15) is 28.9 Å². The lowest BCUT2D eigenvalue weighted by atomic mass is 10.1. The Morgan fingerprint density at radius 1 is 1.17 bits per heavy atom. The summed E-state index contributed by atoms with van der Waals surface area (Å²) in [5.41, 5.74) is 7.41. The molecule has 0 heterocycles. The summed E-state index contributed by atoms with van der Waals surface area (Å²) in [6.45, 7) is 1.97. The van der Waals surface area contributed by atoms with E-state index in [0.717, 1.165) is 11.3 Å². The number of hydrogen-bond acceptors (Lipinski definition) is 4. The van der Waals surface area contributed by atoms with Gasteiger partial charge in [0.1, 0.15) is 11.5 Å². The monoisotopic (exact) mass is 334 g/mol. The van der Waals surface area contributed by atoms with Gasteiger partial charge < -0.3 is 20.5 Å². The highest BCUT2D eigenvalue weighted by molar-refractivity contribution is 6.32. The molecule has 0 fully saturated rings. The summed E-state index contributed by atoms with van der Waals surface area (Å²) in [5, 5.41) is 3.81. The number of halogens is 1. The molecule has 0 saturated heterocycles. The first kappa shape index (κ1) is 17.0. The van der Waals surface area contributed by atoms with E-state index in [2.05, 4.69) is 5.32 Å². The van der Waals surface area contributed by atoms with E-state index in [9.17, 15) is 4.79 Å². The molecule has 0 radical (unpaired) electrons. The predicted molar refractivity (Wildman–Crippen MR) is 91.6 cm³/mol. The fourth-order valence-electron chi connectivity index (χ4n) is 2.31. The number of anilines is 1. The largest absolute Gasteiger partial charge is 0.496 e. The summed E-state index contributed by atoms with van der Waals surface area (Å²) in [4.78, 5) is 11.3. The first-order chi connectivity index (χ1) is 11.0. The molecule has 0 saturated carbocycles. The SMILES string of the molecule is COc1cc(OC)c([C@H](C)Nc2cccc(C(N)=O)c2)cc1Cl. The molecule has 0 spiro atoms. The van der Waals surface area contributed by atoms with Crippen LogP contribution in [-0.4, -0.2) is 20.1 Å². The molecule has 0 aliphatic rings. The van der Waals surface area contributed by atoms with Crippen LogP contribution < -0.4 is 20.5 Å². The second-order valence-electron chi connectivity index (χ2n) is 5.04. The molecule has 1 atom stereocenters. The van der Waals surface area contributed by atoms with E-state index in [1.54, 1.807) is 44.6 Å². The van der Waals surface area contributed by atoms with Gasteiger partial charge >= 0.3 is 0 Å². The third kappa shape index (κ3) is 3.87. The van der Waals surface area contributed by atoms with Crippen LogP contribution in [-0.2, 0) is 0 Å². The number of amides is 1. The fourth-order valence-corrected chi connectivity index (χ4v) is 2.56. The summed E-state index contributed by atoms with van der Waals surface area (Å²) < 4.78 is 10.6. The molecule has 23 heavy (non-hydrogen) atoms. The lowest BCUT2D eigenvalue weighted by Crippen LogP contribution is -2.12. The molecule has 0 aliphatic heterocycles. The molecular weight excluding hydrogens is 316 g/mol. The van der Waals surface area contributed by atoms with E-state index in [1.807, 2.05) is 13.0 Å². The summed E-state index contributed by atoms with van der Waals surface area (Å²) in [6, 6.07) is 10.5. The molecule has 0 aromatic heterocycles. The molecule has 5 nitrogen and oxygen atoms in total. The van der Waals surface area contributed by atoms with Crippen molar-refractivity contribution in [3.05, 3.63) is 52.5 Å². The molecule has 122 valence electrons. The standard InChI is InChI=1S/C17H19ClN2O3/c1-10(20-12-6-4-5-11(7-12)17(19)21)13-8-14(18)16(23-3)9-15(13)22-2/h4-10,20H,1-3H3,(H2,19,21)/t10-/m0/s1. The highest BCUT2D eigenvalue weighted by Crippen LogP contribution is 2.36. The highest BCUT2D eigenvalue weighted by atomic mass is 35.5. The molecule has 2 aromatic carbocycles. The van der Waals surface area contributed by atoms with E-state index in [4.69, 9.17) is 26.8 Å². The van der Waals surface area contributed by atoms with Crippen molar-refractivity contribution in [2.75, 3.05) is 19.5 Å². The van der Waals surface area contributed by atoms with Crippen LogP contribution in [0.15, 0.2) is 36.4 Å². The molecule has 2 aromatic rings. The zero-order valence-corrected chi connectivity index (χ0v) is 14.0. The third-order valence-corrected chi connectivity index (χ3v) is 3.80. The minimum Gasteiger partial charge on any atom is -0.496 e. The van der Waals surface area contributed by atoms with Gasteiger partial charge in [-0.1, -0.05) is 17.7 Å². The van der Waals surface area contributed by atoms with E-state index in [-0.39, 0.29) is 6.04 Å². The zero-order chi connectivity index (χ0) is 17.0. The van der Waals surface area contributed by atoms with Crippen molar-refractivity contribution in [2.45, 2.75) is 13.0 Å². The number of primary amides is 1. The summed E-state index contributed by atoms with van der Waals surface area (Å²) in [7, 11) is 3.14. The Morgan fingerprint density at radius 3 is 2.48 bits per heavy atom. The number of carbonyl (C=O) groups is 1. The minimum atomic E-state index is -0.466. The number of benzene rings is 2. The Balaban J connectivity index is 2.30. The van der Waals surface area contributed by atoms with Gasteiger partial charge in [-0.3, -0.25) is 4.79 Å². The molecule has 6 heteroatoms. The number of nitrogens with two attached hydrogens (primary N) is 1. The lowest BCUT2D eigenvalue weighted by molar-refractivity contribution is 0.100. The van der Waals surface area contributed by atoms with Crippen LogP contribution in [0.3, 0.4) is 0 Å². The molecular formula is C17H19ClN2O3. The Kier molecular flexibility index (Phi) is 5.34. The van der Waals surface area contributed by atoms with Gasteiger partial charge in [-0.25, -0.2) is 0 Å². The normalized spacial score (nSPS) is 11.7. The van der Waals surface area contributed by atoms with Gasteiger partial charge in [-0.2, -0.15) is 0 Å². The Hall–Kier alpha value is -2.40. The molecule has 0 unspecified atom stereocenters. The van der Waals surface area contributed by atoms with Gasteiger partial charge in [-0.15, -0.1) is 0 Å². The van der Waals surface area contributed by atoms with E-state index < -0.39 is 5.91 Å². The number of nitrogens with one attached hydrogen (secondary N) is 1. The maximum Gasteiger partial charge on any atom is 0.248 e. The van der Waals surface area contributed by atoms with Gasteiger partial charge in [0.2, 0.25) is 5.91 Å². The smallest absolute Gasteiger partial charge is 0.248 e. The van der Waals surface area contributed by atoms with Crippen LogP contribution in [0.2, 0.25) is 5.02 Å². The Morgan fingerprint density at radius 2 is 1.87 bits per heavy atom. The third-order valence-electron chi connectivity index (χ3n) is 3.50. The van der Waals surface area contributed by atoms with Gasteiger partial charge in [0.25, 0.3) is 0 Å². The Bertz CT molecular complexity index is 719. The van der Waals surface area contributed by atoms with Crippen LogP contribution >= 0.6 is 11.6 Å². The predicted octanol–water partition coefficient (Wildman–Crippen LogP) is 3.63. The van der Waals surface area contributed by atoms with Crippen LogP contribution in [0.4, 0.5) is 5.69 Å². The van der Waals surface area contributed by atoms with E-state index in [0.29, 0.717) is 22.1 Å². The van der Waals surface area contributed by atoms with Gasteiger partial charge in [-0.05, 0) is 31.2 Å². The average molecular weight is 335 g/mol. The topological polar surface area (TPSA) is 73.6 Å². The molecule has 0 bridgehead atoms. The maximum absolute atomic E-state index is 11.3. The molecule has 2 rings (SSSR count). The summed E-state index contributed by atoms with van der Waals surface area (Å²) in [6.07, 6.45) is 0. The lowest BCUT2D eigenvalue weighted by Gasteiger charge is -2.20. The van der Waals surface area contributed by atoms with Gasteiger partial charge in [0, 0.05) is 22.9 Å². The summed E-state index contributed by atoms with van der Waals surface area (Å²) >= 11 is 6.20. The average Bonchev–Trinajstić information content (AvgIpc) is 2.54. The van der Waals surface area contributed by atoms with Crippen molar-refractivity contribution in [1.82, 2.24) is 0 Å².